The SMILES string of the molecule is C=CCNC(=NCC(=O)NC(C)(C)C)NCCc1ccco1.I. The van der Waals surface area contributed by atoms with Crippen LogP contribution in [0.25, 0.3) is 0 Å². The van der Waals surface area contributed by atoms with E-state index in [-0.39, 0.29) is 42.0 Å². The number of hydrogen-bond acceptors (Lipinski definition) is 3. The van der Waals surface area contributed by atoms with Gasteiger partial charge < -0.3 is 20.4 Å². The highest BCUT2D eigenvalue weighted by atomic mass is 127. The first-order valence-corrected chi connectivity index (χ1v) is 7.37. The smallest absolute Gasteiger partial charge is 0.242 e. The van der Waals surface area contributed by atoms with Crippen molar-refractivity contribution in [2.24, 2.45) is 4.99 Å². The molecule has 23 heavy (non-hydrogen) atoms. The van der Waals surface area contributed by atoms with E-state index in [1.807, 2.05) is 32.9 Å². The Bertz CT molecular complexity index is 493. The predicted molar refractivity (Wildman–Crippen MR) is 104 cm³/mol. The largest absolute Gasteiger partial charge is 0.469 e. The van der Waals surface area contributed by atoms with Crippen LogP contribution in [0.5, 0.6) is 0 Å². The molecule has 0 saturated heterocycles. The molecule has 0 aliphatic carbocycles. The lowest BCUT2D eigenvalue weighted by atomic mass is 10.1. The molecule has 0 aliphatic rings. The second kappa shape index (κ2) is 11.1. The van der Waals surface area contributed by atoms with E-state index in [4.69, 9.17) is 4.42 Å². The first-order chi connectivity index (χ1) is 10.4. The number of rotatable bonds is 7. The van der Waals surface area contributed by atoms with E-state index in [1.165, 1.54) is 0 Å². The van der Waals surface area contributed by atoms with Crippen LogP contribution >= 0.6 is 24.0 Å². The van der Waals surface area contributed by atoms with Crippen molar-refractivity contribution >= 4 is 35.8 Å². The fourth-order valence-electron chi connectivity index (χ4n) is 1.71. The third kappa shape index (κ3) is 10.8. The fraction of sp³-hybridized carbons (Fsp3) is 0.500. The van der Waals surface area contributed by atoms with Gasteiger partial charge >= 0.3 is 0 Å². The molecule has 0 aliphatic heterocycles. The molecule has 6 nitrogen and oxygen atoms in total. The van der Waals surface area contributed by atoms with E-state index in [0.717, 1.165) is 12.2 Å². The Labute approximate surface area is 155 Å². The fourth-order valence-corrected chi connectivity index (χ4v) is 1.71. The molecule has 0 spiro atoms. The third-order valence-corrected chi connectivity index (χ3v) is 2.55. The van der Waals surface area contributed by atoms with Gasteiger partial charge in [-0.1, -0.05) is 6.08 Å². The standard InChI is InChI=1S/C16H26N4O2.HI/c1-5-9-17-15(18-10-8-13-7-6-11-22-13)19-12-14(21)20-16(2,3)4;/h5-7,11H,1,8-10,12H2,2-4H3,(H,20,21)(H2,17,18,19);1H. The van der Waals surface area contributed by atoms with Gasteiger partial charge in [-0.3, -0.25) is 4.79 Å². The first-order valence-electron chi connectivity index (χ1n) is 7.37. The average molecular weight is 434 g/mol. The molecule has 0 radical (unpaired) electrons. The molecule has 1 aromatic rings. The summed E-state index contributed by atoms with van der Waals surface area (Å²) in [5, 5.41) is 9.11. The number of halogens is 1. The maximum atomic E-state index is 11.8. The minimum Gasteiger partial charge on any atom is -0.469 e. The Kier molecular flexibility index (Phi) is 10.4. The van der Waals surface area contributed by atoms with Crippen molar-refractivity contribution in [1.29, 1.82) is 0 Å². The van der Waals surface area contributed by atoms with Crippen molar-refractivity contribution in [3.8, 4) is 0 Å². The van der Waals surface area contributed by atoms with Crippen LogP contribution in [0.1, 0.15) is 26.5 Å². The summed E-state index contributed by atoms with van der Waals surface area (Å²) in [5.41, 5.74) is -0.256. The van der Waals surface area contributed by atoms with Gasteiger partial charge in [-0.15, -0.1) is 30.6 Å². The molecule has 1 aromatic heterocycles. The number of aliphatic imine (C=N–C) groups is 1. The van der Waals surface area contributed by atoms with Gasteiger partial charge in [-0.05, 0) is 32.9 Å². The molecular weight excluding hydrogens is 407 g/mol. The Morgan fingerprint density at radius 2 is 2.13 bits per heavy atom. The van der Waals surface area contributed by atoms with E-state index in [0.29, 0.717) is 19.0 Å². The van der Waals surface area contributed by atoms with E-state index >= 15 is 0 Å². The van der Waals surface area contributed by atoms with Crippen LogP contribution in [0.4, 0.5) is 0 Å². The monoisotopic (exact) mass is 434 g/mol. The average Bonchev–Trinajstić information content (AvgIpc) is 2.92. The number of carbonyl (C=O) groups is 1. The van der Waals surface area contributed by atoms with Gasteiger partial charge in [0.25, 0.3) is 0 Å². The van der Waals surface area contributed by atoms with Gasteiger partial charge in [0.1, 0.15) is 12.3 Å². The number of guanidine groups is 1. The first kappa shape index (κ1) is 21.5. The third-order valence-electron chi connectivity index (χ3n) is 2.55. The molecule has 1 amide bonds. The van der Waals surface area contributed by atoms with Gasteiger partial charge in [0, 0.05) is 25.0 Å². The number of carbonyl (C=O) groups excluding carboxylic acids is 1. The molecule has 130 valence electrons. The second-order valence-electron chi connectivity index (χ2n) is 5.89. The summed E-state index contributed by atoms with van der Waals surface area (Å²) in [4.78, 5) is 16.1. The minimum atomic E-state index is -0.256. The molecule has 0 unspecified atom stereocenters. The summed E-state index contributed by atoms with van der Waals surface area (Å²) in [6, 6.07) is 3.78. The lowest BCUT2D eigenvalue weighted by Crippen LogP contribution is -2.43. The van der Waals surface area contributed by atoms with Crippen molar-refractivity contribution < 1.29 is 9.21 Å². The Morgan fingerprint density at radius 3 is 2.70 bits per heavy atom. The number of nitrogens with zero attached hydrogens (tertiary/aromatic N) is 1. The van der Waals surface area contributed by atoms with Crippen LogP contribution in [0.2, 0.25) is 0 Å². The van der Waals surface area contributed by atoms with Crippen LogP contribution in [0.3, 0.4) is 0 Å². The summed E-state index contributed by atoms with van der Waals surface area (Å²) in [6.45, 7) is 10.8. The second-order valence-corrected chi connectivity index (χ2v) is 5.89. The predicted octanol–water partition coefficient (Wildman–Crippen LogP) is 2.08. The quantitative estimate of drug-likeness (QED) is 0.266. The molecule has 7 heteroatoms. The molecule has 0 bridgehead atoms. The highest BCUT2D eigenvalue weighted by Crippen LogP contribution is 1.99. The molecule has 0 fully saturated rings. The number of hydrogen-bond donors (Lipinski definition) is 3. The zero-order valence-corrected chi connectivity index (χ0v) is 16.3. The highest BCUT2D eigenvalue weighted by molar-refractivity contribution is 14.0. The van der Waals surface area contributed by atoms with Crippen molar-refractivity contribution in [3.63, 3.8) is 0 Å². The summed E-state index contributed by atoms with van der Waals surface area (Å²) in [7, 11) is 0. The van der Waals surface area contributed by atoms with E-state index in [9.17, 15) is 4.79 Å². The van der Waals surface area contributed by atoms with Crippen LogP contribution in [0, 0.1) is 0 Å². The maximum absolute atomic E-state index is 11.8. The van der Waals surface area contributed by atoms with Crippen LogP contribution in [-0.2, 0) is 11.2 Å². The molecule has 1 rings (SSSR count). The van der Waals surface area contributed by atoms with Crippen molar-refractivity contribution in [1.82, 2.24) is 16.0 Å². The molecule has 1 heterocycles. The van der Waals surface area contributed by atoms with Gasteiger partial charge in [0.2, 0.25) is 5.91 Å². The summed E-state index contributed by atoms with van der Waals surface area (Å²) >= 11 is 0. The minimum absolute atomic E-state index is 0. The lowest BCUT2D eigenvalue weighted by molar-refractivity contribution is -0.121. The van der Waals surface area contributed by atoms with Crippen LogP contribution in [-0.4, -0.2) is 37.0 Å². The Balaban J connectivity index is 0.00000484. The summed E-state index contributed by atoms with van der Waals surface area (Å²) in [5.74, 6) is 1.37. The number of nitrogens with one attached hydrogen (secondary N) is 3. The van der Waals surface area contributed by atoms with E-state index in [2.05, 4.69) is 27.5 Å². The molecular formula is C16H27IN4O2. The zero-order chi connectivity index (χ0) is 16.4. The van der Waals surface area contributed by atoms with E-state index in [1.54, 1.807) is 12.3 Å². The summed E-state index contributed by atoms with van der Waals surface area (Å²) < 4.78 is 5.27. The normalized spacial score (nSPS) is 11.3. The number of furan rings is 1. The van der Waals surface area contributed by atoms with Gasteiger partial charge in [-0.2, -0.15) is 0 Å². The molecule has 0 aromatic carbocycles. The van der Waals surface area contributed by atoms with E-state index < -0.39 is 0 Å². The Hall–Kier alpha value is -1.51. The van der Waals surface area contributed by atoms with Gasteiger partial charge in [-0.25, -0.2) is 4.99 Å². The van der Waals surface area contributed by atoms with Crippen molar-refractivity contribution in [3.05, 3.63) is 36.8 Å². The number of amides is 1. The van der Waals surface area contributed by atoms with Crippen LogP contribution in [0.15, 0.2) is 40.5 Å². The maximum Gasteiger partial charge on any atom is 0.242 e. The molecule has 0 atom stereocenters. The molecule has 3 N–H and O–H groups in total. The Morgan fingerprint density at radius 1 is 1.39 bits per heavy atom. The van der Waals surface area contributed by atoms with Gasteiger partial charge in [0.15, 0.2) is 5.96 Å². The molecule has 0 saturated carbocycles. The highest BCUT2D eigenvalue weighted by Gasteiger charge is 2.13. The summed E-state index contributed by atoms with van der Waals surface area (Å²) in [6.07, 6.45) is 4.13. The zero-order valence-electron chi connectivity index (χ0n) is 14.0. The van der Waals surface area contributed by atoms with Crippen LogP contribution < -0.4 is 16.0 Å². The van der Waals surface area contributed by atoms with Crippen molar-refractivity contribution in [2.75, 3.05) is 19.6 Å². The topological polar surface area (TPSA) is 78.7 Å². The van der Waals surface area contributed by atoms with Crippen molar-refractivity contribution in [2.45, 2.75) is 32.7 Å². The van der Waals surface area contributed by atoms with Gasteiger partial charge in [0.05, 0.1) is 6.26 Å². The lowest BCUT2D eigenvalue weighted by Gasteiger charge is -2.20.